The molecule has 2 atom stereocenters. The van der Waals surface area contributed by atoms with Crippen molar-refractivity contribution in [3.05, 3.63) is 29.8 Å². The molecule has 0 aliphatic rings. The van der Waals surface area contributed by atoms with Crippen LogP contribution in [-0.4, -0.2) is 43.6 Å². The van der Waals surface area contributed by atoms with Crippen LogP contribution in [0.3, 0.4) is 0 Å². The van der Waals surface area contributed by atoms with E-state index in [0.29, 0.717) is 6.04 Å². The summed E-state index contributed by atoms with van der Waals surface area (Å²) in [5, 5.41) is 3.39. The Morgan fingerprint density at radius 3 is 2.35 bits per heavy atom. The monoisotopic (exact) mass is 278 g/mol. The summed E-state index contributed by atoms with van der Waals surface area (Å²) in [7, 11) is 3.46. The van der Waals surface area contributed by atoms with Gasteiger partial charge in [0.2, 0.25) is 0 Å². The minimum Gasteiger partial charge on any atom is -0.481 e. The van der Waals surface area contributed by atoms with Crippen LogP contribution < -0.4 is 10.1 Å². The van der Waals surface area contributed by atoms with Gasteiger partial charge in [-0.05, 0) is 44.5 Å². The van der Waals surface area contributed by atoms with Crippen LogP contribution in [0.2, 0.25) is 0 Å². The maximum atomic E-state index is 11.7. The van der Waals surface area contributed by atoms with Crippen LogP contribution in [0, 0.1) is 0 Å². The summed E-state index contributed by atoms with van der Waals surface area (Å²) in [4.78, 5) is 13.3. The topological polar surface area (TPSA) is 41.6 Å². The summed E-state index contributed by atoms with van der Waals surface area (Å²) >= 11 is 0. The standard InChI is InChI=1S/C16H26N2O2/c1-6-17-12(2)11-14-7-9-15(10-8-14)20-13(3)16(19)18(4)5/h7-10,12-13,17H,6,11H2,1-5H3. The van der Waals surface area contributed by atoms with Gasteiger partial charge in [-0.3, -0.25) is 4.79 Å². The third-order valence-electron chi connectivity index (χ3n) is 3.12. The molecule has 1 N–H and O–H groups in total. The van der Waals surface area contributed by atoms with E-state index in [0.717, 1.165) is 18.7 Å². The van der Waals surface area contributed by atoms with Crippen molar-refractivity contribution in [2.45, 2.75) is 39.3 Å². The van der Waals surface area contributed by atoms with E-state index in [1.165, 1.54) is 10.5 Å². The number of carbonyl (C=O) groups excluding carboxylic acids is 1. The number of hydrogen-bond donors (Lipinski definition) is 1. The molecule has 0 aliphatic carbocycles. The van der Waals surface area contributed by atoms with Crippen LogP contribution in [0.1, 0.15) is 26.3 Å². The Kier molecular flexibility index (Phi) is 6.52. The molecule has 0 radical (unpaired) electrons. The molecule has 4 heteroatoms. The summed E-state index contributed by atoms with van der Waals surface area (Å²) in [6.45, 7) is 7.03. The molecule has 0 heterocycles. The van der Waals surface area contributed by atoms with Crippen molar-refractivity contribution in [1.29, 1.82) is 0 Å². The highest BCUT2D eigenvalue weighted by Gasteiger charge is 2.16. The molecule has 0 saturated carbocycles. The van der Waals surface area contributed by atoms with Crippen molar-refractivity contribution in [2.75, 3.05) is 20.6 Å². The molecule has 20 heavy (non-hydrogen) atoms. The maximum Gasteiger partial charge on any atom is 0.262 e. The molecule has 0 fully saturated rings. The number of hydrogen-bond acceptors (Lipinski definition) is 3. The van der Waals surface area contributed by atoms with Crippen LogP contribution in [0.15, 0.2) is 24.3 Å². The Bertz CT molecular complexity index is 415. The first-order valence-corrected chi connectivity index (χ1v) is 7.14. The molecule has 1 rings (SSSR count). The summed E-state index contributed by atoms with van der Waals surface area (Å²) in [6, 6.07) is 8.41. The first kappa shape index (κ1) is 16.5. The van der Waals surface area contributed by atoms with Gasteiger partial charge in [-0.15, -0.1) is 0 Å². The third-order valence-corrected chi connectivity index (χ3v) is 3.12. The third kappa shape index (κ3) is 5.21. The van der Waals surface area contributed by atoms with Crippen molar-refractivity contribution in [2.24, 2.45) is 0 Å². The Balaban J connectivity index is 2.56. The van der Waals surface area contributed by atoms with Crippen molar-refractivity contribution >= 4 is 5.91 Å². The zero-order chi connectivity index (χ0) is 15.1. The lowest BCUT2D eigenvalue weighted by Gasteiger charge is -2.18. The number of nitrogens with one attached hydrogen (secondary N) is 1. The van der Waals surface area contributed by atoms with Gasteiger partial charge in [-0.1, -0.05) is 19.1 Å². The molecule has 0 spiro atoms. The fourth-order valence-electron chi connectivity index (χ4n) is 2.10. The lowest BCUT2D eigenvalue weighted by Crippen LogP contribution is -2.35. The van der Waals surface area contributed by atoms with Crippen molar-refractivity contribution in [1.82, 2.24) is 10.2 Å². The maximum absolute atomic E-state index is 11.7. The number of benzene rings is 1. The van der Waals surface area contributed by atoms with Crippen molar-refractivity contribution in [3.8, 4) is 5.75 Å². The zero-order valence-corrected chi connectivity index (χ0v) is 13.1. The smallest absolute Gasteiger partial charge is 0.262 e. The van der Waals surface area contributed by atoms with Gasteiger partial charge in [0.05, 0.1) is 0 Å². The summed E-state index contributed by atoms with van der Waals surface area (Å²) in [6.07, 6.45) is 0.525. The van der Waals surface area contributed by atoms with Gasteiger partial charge in [-0.2, -0.15) is 0 Å². The number of carbonyl (C=O) groups is 1. The predicted molar refractivity (Wildman–Crippen MR) is 82.1 cm³/mol. The second-order valence-corrected chi connectivity index (χ2v) is 5.30. The van der Waals surface area contributed by atoms with E-state index in [9.17, 15) is 4.79 Å². The molecule has 4 nitrogen and oxygen atoms in total. The molecule has 0 saturated heterocycles. The number of rotatable bonds is 7. The van der Waals surface area contributed by atoms with E-state index in [2.05, 4.69) is 31.3 Å². The largest absolute Gasteiger partial charge is 0.481 e. The van der Waals surface area contributed by atoms with Gasteiger partial charge in [0.1, 0.15) is 5.75 Å². The van der Waals surface area contributed by atoms with E-state index in [-0.39, 0.29) is 5.91 Å². The minimum absolute atomic E-state index is 0.0326. The Labute approximate surface area is 122 Å². The molecular formula is C16H26N2O2. The second-order valence-electron chi connectivity index (χ2n) is 5.30. The number of nitrogens with zero attached hydrogens (tertiary/aromatic N) is 1. The van der Waals surface area contributed by atoms with Crippen LogP contribution in [0.25, 0.3) is 0 Å². The fraction of sp³-hybridized carbons (Fsp3) is 0.562. The Morgan fingerprint density at radius 1 is 1.25 bits per heavy atom. The van der Waals surface area contributed by atoms with Crippen LogP contribution in [-0.2, 0) is 11.2 Å². The Morgan fingerprint density at radius 2 is 1.85 bits per heavy atom. The van der Waals surface area contributed by atoms with Gasteiger partial charge in [0.15, 0.2) is 6.10 Å². The SMILES string of the molecule is CCNC(C)Cc1ccc(OC(C)C(=O)N(C)C)cc1. The molecular weight excluding hydrogens is 252 g/mol. The number of amides is 1. The van der Waals surface area contributed by atoms with E-state index in [4.69, 9.17) is 4.74 Å². The molecule has 112 valence electrons. The predicted octanol–water partition coefficient (Wildman–Crippen LogP) is 2.08. The summed E-state index contributed by atoms with van der Waals surface area (Å²) in [5.41, 5.74) is 1.26. The van der Waals surface area contributed by atoms with Crippen LogP contribution in [0.4, 0.5) is 0 Å². The molecule has 0 bridgehead atoms. The van der Waals surface area contributed by atoms with Crippen molar-refractivity contribution in [3.63, 3.8) is 0 Å². The molecule has 1 aromatic carbocycles. The molecule has 1 amide bonds. The fourth-order valence-corrected chi connectivity index (χ4v) is 2.10. The highest BCUT2D eigenvalue weighted by Crippen LogP contribution is 2.15. The van der Waals surface area contributed by atoms with Gasteiger partial charge < -0.3 is 15.0 Å². The van der Waals surface area contributed by atoms with Gasteiger partial charge in [0.25, 0.3) is 5.91 Å². The molecule has 2 unspecified atom stereocenters. The Hall–Kier alpha value is -1.55. The second kappa shape index (κ2) is 7.90. The first-order valence-electron chi connectivity index (χ1n) is 7.14. The average Bonchev–Trinajstić information content (AvgIpc) is 2.40. The van der Waals surface area contributed by atoms with Gasteiger partial charge in [-0.25, -0.2) is 0 Å². The molecule has 0 aromatic heterocycles. The highest BCUT2D eigenvalue weighted by atomic mass is 16.5. The van der Waals surface area contributed by atoms with Crippen LogP contribution in [0.5, 0.6) is 5.75 Å². The van der Waals surface area contributed by atoms with E-state index in [1.807, 2.05) is 12.1 Å². The lowest BCUT2D eigenvalue weighted by atomic mass is 10.1. The average molecular weight is 278 g/mol. The van der Waals surface area contributed by atoms with Gasteiger partial charge >= 0.3 is 0 Å². The van der Waals surface area contributed by atoms with Crippen LogP contribution >= 0.6 is 0 Å². The number of ether oxygens (including phenoxy) is 1. The first-order chi connectivity index (χ1) is 9.43. The van der Waals surface area contributed by atoms with Gasteiger partial charge in [0, 0.05) is 20.1 Å². The lowest BCUT2D eigenvalue weighted by molar-refractivity contribution is -0.135. The molecule has 1 aromatic rings. The summed E-state index contributed by atoms with van der Waals surface area (Å²) in [5.74, 6) is 0.697. The quantitative estimate of drug-likeness (QED) is 0.830. The molecule has 0 aliphatic heterocycles. The minimum atomic E-state index is -0.462. The normalized spacial score (nSPS) is 13.7. The zero-order valence-electron chi connectivity index (χ0n) is 13.1. The summed E-state index contributed by atoms with van der Waals surface area (Å²) < 4.78 is 5.64. The highest BCUT2D eigenvalue weighted by molar-refractivity contribution is 5.80. The number of likely N-dealkylation sites (N-methyl/N-ethyl adjacent to an activating group) is 2. The van der Waals surface area contributed by atoms with E-state index in [1.54, 1.807) is 21.0 Å². The van der Waals surface area contributed by atoms with E-state index >= 15 is 0 Å². The van der Waals surface area contributed by atoms with Crippen molar-refractivity contribution < 1.29 is 9.53 Å². The van der Waals surface area contributed by atoms with E-state index < -0.39 is 6.10 Å².